The molecule has 0 N–H and O–H groups in total. The van der Waals surface area contributed by atoms with Crippen LogP contribution >= 0.6 is 0 Å². The Labute approximate surface area is 71.2 Å². The van der Waals surface area contributed by atoms with Crippen LogP contribution in [0, 0.1) is 11.9 Å². The van der Waals surface area contributed by atoms with E-state index in [-0.39, 0.29) is 11.9 Å². The minimum atomic E-state index is -0.385. The highest BCUT2D eigenvalue weighted by molar-refractivity contribution is 5.23. The molecule has 1 fully saturated rings. The average Bonchev–Trinajstić information content (AvgIpc) is 2.00. The van der Waals surface area contributed by atoms with Gasteiger partial charge < -0.3 is 4.74 Å². The van der Waals surface area contributed by atoms with E-state index in [2.05, 4.69) is 6.07 Å². The van der Waals surface area contributed by atoms with E-state index in [0.29, 0.717) is 5.75 Å². The zero-order chi connectivity index (χ0) is 8.39. The highest BCUT2D eigenvalue weighted by Gasteiger charge is 2.20. The van der Waals surface area contributed by atoms with E-state index >= 15 is 0 Å². The molecule has 0 amide bonds. The summed E-state index contributed by atoms with van der Waals surface area (Å²) >= 11 is 0. The molecule has 0 bridgehead atoms. The van der Waals surface area contributed by atoms with E-state index in [1.807, 2.05) is 0 Å². The van der Waals surface area contributed by atoms with Crippen LogP contribution < -0.4 is 4.74 Å². The normalized spacial score (nSPS) is 17.1. The van der Waals surface area contributed by atoms with E-state index in [1.165, 1.54) is 6.42 Å². The molecule has 0 aromatic heterocycles. The number of benzene rings is 1. The lowest BCUT2D eigenvalue weighted by Crippen LogP contribution is -2.24. The standard InChI is InChI=1S/C10H10FO/c11-9-6-1-2-7-10(9)12-8-4-3-5-8/h1-2,7-8H,3-5H2. The first-order valence-corrected chi connectivity index (χ1v) is 4.19. The molecule has 2 heteroatoms. The molecule has 0 aliphatic heterocycles. The van der Waals surface area contributed by atoms with Gasteiger partial charge in [0.2, 0.25) is 0 Å². The fraction of sp³-hybridized carbons (Fsp3) is 0.400. The van der Waals surface area contributed by atoms with Gasteiger partial charge in [-0.1, -0.05) is 12.1 Å². The third-order valence-corrected chi connectivity index (χ3v) is 2.12. The molecule has 1 radical (unpaired) electrons. The van der Waals surface area contributed by atoms with Gasteiger partial charge >= 0.3 is 0 Å². The Balaban J connectivity index is 2.06. The van der Waals surface area contributed by atoms with Crippen molar-refractivity contribution in [1.82, 2.24) is 0 Å². The van der Waals surface area contributed by atoms with Gasteiger partial charge in [-0.05, 0) is 25.3 Å². The molecule has 12 heavy (non-hydrogen) atoms. The zero-order valence-electron chi connectivity index (χ0n) is 6.72. The van der Waals surface area contributed by atoms with Gasteiger partial charge in [0.15, 0.2) is 11.6 Å². The Kier molecular flexibility index (Phi) is 1.98. The van der Waals surface area contributed by atoms with Crippen LogP contribution in [0.5, 0.6) is 5.75 Å². The van der Waals surface area contributed by atoms with E-state index < -0.39 is 0 Å². The van der Waals surface area contributed by atoms with Crippen molar-refractivity contribution in [2.75, 3.05) is 0 Å². The van der Waals surface area contributed by atoms with Gasteiger partial charge in [-0.2, -0.15) is 0 Å². The average molecular weight is 165 g/mol. The molecule has 1 saturated carbocycles. The quantitative estimate of drug-likeness (QED) is 0.654. The number of rotatable bonds is 2. The van der Waals surface area contributed by atoms with E-state index in [4.69, 9.17) is 4.74 Å². The summed E-state index contributed by atoms with van der Waals surface area (Å²) in [7, 11) is 0. The number of hydrogen-bond donors (Lipinski definition) is 0. The van der Waals surface area contributed by atoms with Crippen molar-refractivity contribution in [3.63, 3.8) is 0 Å². The molecule has 1 aromatic rings. The number of halogens is 1. The maximum atomic E-state index is 12.9. The SMILES string of the molecule is Fc1[c]cccc1OC1CCC1. The molecule has 1 nitrogen and oxygen atoms in total. The molecule has 0 heterocycles. The van der Waals surface area contributed by atoms with Crippen LogP contribution in [-0.4, -0.2) is 6.10 Å². The van der Waals surface area contributed by atoms with Crippen molar-refractivity contribution < 1.29 is 9.13 Å². The minimum Gasteiger partial charge on any atom is -0.487 e. The Bertz CT molecular complexity index is 268. The molecule has 2 rings (SSSR count). The van der Waals surface area contributed by atoms with Crippen molar-refractivity contribution in [1.29, 1.82) is 0 Å². The minimum absolute atomic E-state index is 0.232. The summed E-state index contributed by atoms with van der Waals surface area (Å²) in [6.45, 7) is 0. The molecule has 0 atom stereocenters. The highest BCUT2D eigenvalue weighted by atomic mass is 19.1. The molecular formula is C10H10FO. The van der Waals surface area contributed by atoms with Gasteiger partial charge in [0.05, 0.1) is 6.10 Å². The van der Waals surface area contributed by atoms with Gasteiger partial charge in [-0.25, -0.2) is 4.39 Å². The first kappa shape index (κ1) is 7.59. The molecule has 0 saturated heterocycles. The number of hydrogen-bond acceptors (Lipinski definition) is 1. The van der Waals surface area contributed by atoms with Gasteiger partial charge in [-0.3, -0.25) is 0 Å². The predicted molar refractivity (Wildman–Crippen MR) is 43.5 cm³/mol. The summed E-state index contributed by atoms with van der Waals surface area (Å²) in [5.41, 5.74) is 0. The summed E-state index contributed by atoms with van der Waals surface area (Å²) in [5.74, 6) is -0.0494. The van der Waals surface area contributed by atoms with Gasteiger partial charge in [0, 0.05) is 6.07 Å². The monoisotopic (exact) mass is 165 g/mol. The first-order chi connectivity index (χ1) is 5.86. The van der Waals surface area contributed by atoms with Crippen LogP contribution in [0.25, 0.3) is 0 Å². The van der Waals surface area contributed by atoms with Crippen molar-refractivity contribution in [2.45, 2.75) is 25.4 Å². The summed E-state index contributed by atoms with van der Waals surface area (Å²) < 4.78 is 18.3. The van der Waals surface area contributed by atoms with Crippen molar-refractivity contribution >= 4 is 0 Å². The molecule has 1 aliphatic rings. The van der Waals surface area contributed by atoms with E-state index in [1.54, 1.807) is 18.2 Å². The molecule has 1 aliphatic carbocycles. The Morgan fingerprint density at radius 1 is 1.50 bits per heavy atom. The smallest absolute Gasteiger partial charge is 0.172 e. The summed E-state index contributed by atoms with van der Waals surface area (Å²) in [5, 5.41) is 0. The van der Waals surface area contributed by atoms with Gasteiger partial charge in [-0.15, -0.1) is 0 Å². The zero-order valence-corrected chi connectivity index (χ0v) is 6.72. The van der Waals surface area contributed by atoms with Crippen LogP contribution in [0.3, 0.4) is 0 Å². The second kappa shape index (κ2) is 3.13. The van der Waals surface area contributed by atoms with Crippen molar-refractivity contribution in [3.05, 3.63) is 30.1 Å². The summed E-state index contributed by atoms with van der Waals surface area (Å²) in [4.78, 5) is 0. The Hall–Kier alpha value is -1.05. The fourth-order valence-electron chi connectivity index (χ4n) is 1.16. The summed E-state index contributed by atoms with van der Waals surface area (Å²) in [6.07, 6.45) is 3.53. The Morgan fingerprint density at radius 2 is 2.33 bits per heavy atom. The highest BCUT2D eigenvalue weighted by Crippen LogP contribution is 2.26. The third kappa shape index (κ3) is 1.42. The second-order valence-corrected chi connectivity index (χ2v) is 3.02. The van der Waals surface area contributed by atoms with Crippen molar-refractivity contribution in [2.24, 2.45) is 0 Å². The topological polar surface area (TPSA) is 9.23 Å². The largest absolute Gasteiger partial charge is 0.487 e. The van der Waals surface area contributed by atoms with Gasteiger partial charge in [0.25, 0.3) is 0 Å². The lowest BCUT2D eigenvalue weighted by Gasteiger charge is -2.26. The van der Waals surface area contributed by atoms with Crippen LogP contribution in [0.4, 0.5) is 4.39 Å². The molecule has 0 unspecified atom stereocenters. The third-order valence-electron chi connectivity index (χ3n) is 2.12. The molecule has 63 valence electrons. The van der Waals surface area contributed by atoms with Crippen LogP contribution in [0.15, 0.2) is 18.2 Å². The molecule has 0 spiro atoms. The summed E-state index contributed by atoms with van der Waals surface area (Å²) in [6, 6.07) is 7.38. The van der Waals surface area contributed by atoms with Gasteiger partial charge in [0.1, 0.15) is 0 Å². The first-order valence-electron chi connectivity index (χ1n) is 4.19. The maximum absolute atomic E-state index is 12.9. The van der Waals surface area contributed by atoms with Crippen molar-refractivity contribution in [3.8, 4) is 5.75 Å². The van der Waals surface area contributed by atoms with Crippen LogP contribution in [0.2, 0.25) is 0 Å². The lowest BCUT2D eigenvalue weighted by molar-refractivity contribution is 0.115. The van der Waals surface area contributed by atoms with Crippen LogP contribution in [-0.2, 0) is 0 Å². The molecule has 1 aromatic carbocycles. The van der Waals surface area contributed by atoms with Crippen LogP contribution in [0.1, 0.15) is 19.3 Å². The maximum Gasteiger partial charge on any atom is 0.172 e. The lowest BCUT2D eigenvalue weighted by atomic mass is 9.96. The van der Waals surface area contributed by atoms with E-state index in [0.717, 1.165) is 12.8 Å². The van der Waals surface area contributed by atoms with E-state index in [9.17, 15) is 4.39 Å². The second-order valence-electron chi connectivity index (χ2n) is 3.02. The predicted octanol–water partition coefficient (Wildman–Crippen LogP) is 2.56. The molecular weight excluding hydrogens is 155 g/mol. The number of ether oxygens (including phenoxy) is 1. The fourth-order valence-corrected chi connectivity index (χ4v) is 1.16. The Morgan fingerprint density at radius 3 is 2.92 bits per heavy atom.